The van der Waals surface area contributed by atoms with E-state index in [-0.39, 0.29) is 24.1 Å². The van der Waals surface area contributed by atoms with Crippen LogP contribution in [0.2, 0.25) is 0 Å². The predicted octanol–water partition coefficient (Wildman–Crippen LogP) is 4.46. The molecule has 0 aliphatic carbocycles. The van der Waals surface area contributed by atoms with Crippen molar-refractivity contribution >= 4 is 16.2 Å². The SMILES string of the molecule is CS(=O)(=O)OC(C(c1ccc(F)cc1)c1cccc(C(F)(F)F)c1)[C@H]1CCCN1C(=O)O. The summed E-state index contributed by atoms with van der Waals surface area (Å²) in [5.74, 6) is -1.71. The standard InChI is InChI=1S/C21H21F4NO5S/c1-32(29,30)31-19(17-6-3-11-26(17)20(27)28)18(13-7-9-16(22)10-8-13)14-4-2-5-15(12-14)21(23,24)25/h2,4-5,7-10,12,17-19H,3,6,11H2,1H3,(H,27,28)/t17-,18?,19?/m1/s1. The number of likely N-dealkylation sites (tertiary alicyclic amines) is 1. The lowest BCUT2D eigenvalue weighted by Crippen LogP contribution is -2.47. The third kappa shape index (κ3) is 5.57. The van der Waals surface area contributed by atoms with Crippen LogP contribution in [0.25, 0.3) is 0 Å². The molecule has 2 aromatic rings. The molecule has 6 nitrogen and oxygen atoms in total. The van der Waals surface area contributed by atoms with Gasteiger partial charge in [0.1, 0.15) is 11.9 Å². The first kappa shape index (κ1) is 24.0. The van der Waals surface area contributed by atoms with Gasteiger partial charge in [-0.2, -0.15) is 21.6 Å². The first-order valence-electron chi connectivity index (χ1n) is 9.67. The minimum Gasteiger partial charge on any atom is -0.465 e. The fourth-order valence-electron chi connectivity index (χ4n) is 4.07. The average molecular weight is 475 g/mol. The summed E-state index contributed by atoms with van der Waals surface area (Å²) in [6.45, 7) is 0.127. The summed E-state index contributed by atoms with van der Waals surface area (Å²) < 4.78 is 83.2. The van der Waals surface area contributed by atoms with Crippen molar-refractivity contribution in [2.75, 3.05) is 12.8 Å². The highest BCUT2D eigenvalue weighted by Gasteiger charge is 2.43. The van der Waals surface area contributed by atoms with Crippen molar-refractivity contribution in [2.24, 2.45) is 0 Å². The highest BCUT2D eigenvalue weighted by molar-refractivity contribution is 7.86. The molecule has 1 amide bonds. The first-order valence-corrected chi connectivity index (χ1v) is 11.5. The van der Waals surface area contributed by atoms with E-state index in [1.165, 1.54) is 24.3 Å². The number of hydrogen-bond donors (Lipinski definition) is 1. The average Bonchev–Trinajstić information content (AvgIpc) is 3.18. The van der Waals surface area contributed by atoms with Gasteiger partial charge < -0.3 is 10.0 Å². The number of nitrogens with zero attached hydrogens (tertiary/aromatic N) is 1. The Morgan fingerprint density at radius 3 is 2.38 bits per heavy atom. The van der Waals surface area contributed by atoms with Gasteiger partial charge in [-0.15, -0.1) is 0 Å². The molecule has 32 heavy (non-hydrogen) atoms. The highest BCUT2D eigenvalue weighted by atomic mass is 32.2. The Morgan fingerprint density at radius 1 is 1.16 bits per heavy atom. The van der Waals surface area contributed by atoms with Gasteiger partial charge in [-0.05, 0) is 42.2 Å². The van der Waals surface area contributed by atoms with E-state index in [4.69, 9.17) is 4.18 Å². The summed E-state index contributed by atoms with van der Waals surface area (Å²) >= 11 is 0. The molecule has 3 atom stereocenters. The summed E-state index contributed by atoms with van der Waals surface area (Å²) in [5, 5.41) is 9.56. The van der Waals surface area contributed by atoms with Gasteiger partial charge >= 0.3 is 12.3 Å². The number of carboxylic acid groups (broad SMARTS) is 1. The summed E-state index contributed by atoms with van der Waals surface area (Å²) in [6.07, 6.45) is -5.85. The largest absolute Gasteiger partial charge is 0.465 e. The summed E-state index contributed by atoms with van der Waals surface area (Å²) in [5.41, 5.74) is -0.601. The summed E-state index contributed by atoms with van der Waals surface area (Å²) in [7, 11) is -4.13. The second-order valence-electron chi connectivity index (χ2n) is 7.60. The Balaban J connectivity index is 2.20. The van der Waals surface area contributed by atoms with Crippen LogP contribution in [-0.2, 0) is 20.5 Å². The van der Waals surface area contributed by atoms with Crippen LogP contribution >= 0.6 is 0 Å². The van der Waals surface area contributed by atoms with Crippen LogP contribution in [0, 0.1) is 5.82 Å². The van der Waals surface area contributed by atoms with Gasteiger partial charge in [0.25, 0.3) is 10.1 Å². The van der Waals surface area contributed by atoms with Crippen molar-refractivity contribution in [1.29, 1.82) is 0 Å². The normalized spacial score (nSPS) is 19.0. The van der Waals surface area contributed by atoms with Crippen molar-refractivity contribution in [3.05, 3.63) is 71.0 Å². The number of hydrogen-bond acceptors (Lipinski definition) is 4. The maximum Gasteiger partial charge on any atom is 0.416 e. The van der Waals surface area contributed by atoms with Crippen molar-refractivity contribution in [3.8, 4) is 0 Å². The minimum atomic E-state index is -4.66. The molecule has 3 rings (SSSR count). The van der Waals surface area contributed by atoms with Crippen molar-refractivity contribution in [2.45, 2.75) is 37.1 Å². The molecule has 1 aliphatic heterocycles. The van der Waals surface area contributed by atoms with Gasteiger partial charge in [-0.25, -0.2) is 9.18 Å². The number of alkyl halides is 3. The van der Waals surface area contributed by atoms with Crippen LogP contribution in [0.3, 0.4) is 0 Å². The minimum absolute atomic E-state index is 0.0670. The molecule has 1 saturated heterocycles. The molecule has 2 aromatic carbocycles. The molecule has 2 unspecified atom stereocenters. The Labute approximate surface area is 182 Å². The van der Waals surface area contributed by atoms with Gasteiger partial charge in [0.2, 0.25) is 0 Å². The maximum absolute atomic E-state index is 13.6. The lowest BCUT2D eigenvalue weighted by atomic mass is 9.82. The van der Waals surface area contributed by atoms with E-state index in [0.29, 0.717) is 6.42 Å². The third-order valence-electron chi connectivity index (χ3n) is 5.34. The molecular formula is C21H21F4NO5S. The smallest absolute Gasteiger partial charge is 0.416 e. The topological polar surface area (TPSA) is 83.9 Å². The lowest BCUT2D eigenvalue weighted by molar-refractivity contribution is -0.137. The summed E-state index contributed by atoms with van der Waals surface area (Å²) in [4.78, 5) is 12.8. The fourth-order valence-corrected chi connectivity index (χ4v) is 4.71. The van der Waals surface area contributed by atoms with Crippen LogP contribution in [0.5, 0.6) is 0 Å². The van der Waals surface area contributed by atoms with Gasteiger partial charge in [-0.1, -0.05) is 30.3 Å². The second-order valence-corrected chi connectivity index (χ2v) is 9.20. The van der Waals surface area contributed by atoms with Crippen LogP contribution in [-0.4, -0.2) is 49.5 Å². The van der Waals surface area contributed by atoms with E-state index in [2.05, 4.69) is 0 Å². The monoisotopic (exact) mass is 475 g/mol. The zero-order valence-corrected chi connectivity index (χ0v) is 17.7. The van der Waals surface area contributed by atoms with Gasteiger partial charge in [0.15, 0.2) is 0 Å². The van der Waals surface area contributed by atoms with E-state index in [1.54, 1.807) is 0 Å². The van der Waals surface area contributed by atoms with Crippen LogP contribution < -0.4 is 0 Å². The Morgan fingerprint density at radius 2 is 1.81 bits per heavy atom. The quantitative estimate of drug-likeness (QED) is 0.493. The van der Waals surface area contributed by atoms with E-state index in [1.807, 2.05) is 0 Å². The molecule has 1 heterocycles. The molecule has 11 heteroatoms. The van der Waals surface area contributed by atoms with E-state index < -0.39 is 51.8 Å². The van der Waals surface area contributed by atoms with Gasteiger partial charge in [0.05, 0.1) is 17.9 Å². The maximum atomic E-state index is 13.6. The lowest BCUT2D eigenvalue weighted by Gasteiger charge is -2.35. The van der Waals surface area contributed by atoms with Crippen molar-refractivity contribution in [1.82, 2.24) is 4.90 Å². The Bertz CT molecular complexity index is 1070. The highest BCUT2D eigenvalue weighted by Crippen LogP contribution is 2.39. The van der Waals surface area contributed by atoms with E-state index in [0.717, 1.165) is 35.4 Å². The van der Waals surface area contributed by atoms with Crippen LogP contribution in [0.4, 0.5) is 22.4 Å². The number of rotatable bonds is 6. The second kappa shape index (κ2) is 9.07. The van der Waals surface area contributed by atoms with Gasteiger partial charge in [-0.3, -0.25) is 4.18 Å². The number of amides is 1. The molecule has 1 aliphatic rings. The van der Waals surface area contributed by atoms with Crippen molar-refractivity contribution < 1.29 is 40.1 Å². The molecule has 0 aromatic heterocycles. The fraction of sp³-hybridized carbons (Fsp3) is 0.381. The third-order valence-corrected chi connectivity index (χ3v) is 5.91. The Kier molecular flexibility index (Phi) is 6.80. The summed E-state index contributed by atoms with van der Waals surface area (Å²) in [6, 6.07) is 8.18. The number of halogens is 4. The molecule has 0 saturated carbocycles. The molecule has 0 bridgehead atoms. The van der Waals surface area contributed by atoms with Crippen molar-refractivity contribution in [3.63, 3.8) is 0 Å². The van der Waals surface area contributed by atoms with Crippen LogP contribution in [0.1, 0.15) is 35.4 Å². The predicted molar refractivity (Wildman–Crippen MR) is 107 cm³/mol. The molecule has 1 fully saturated rings. The molecule has 0 radical (unpaired) electrons. The van der Waals surface area contributed by atoms with Crippen LogP contribution in [0.15, 0.2) is 48.5 Å². The Hall–Kier alpha value is -2.66. The van der Waals surface area contributed by atoms with E-state index >= 15 is 0 Å². The zero-order chi connectivity index (χ0) is 23.7. The molecule has 0 spiro atoms. The first-order chi connectivity index (χ1) is 14.9. The molecule has 174 valence electrons. The zero-order valence-electron chi connectivity index (χ0n) is 16.9. The number of carbonyl (C=O) groups is 1. The number of benzene rings is 2. The van der Waals surface area contributed by atoms with Gasteiger partial charge in [0, 0.05) is 12.5 Å². The molecule has 1 N–H and O–H groups in total. The molecular weight excluding hydrogens is 454 g/mol. The van der Waals surface area contributed by atoms with E-state index in [9.17, 15) is 35.9 Å².